The van der Waals surface area contributed by atoms with Crippen LogP contribution in [0.5, 0.6) is 0 Å². The zero-order valence-electron chi connectivity index (χ0n) is 11.0. The predicted octanol–water partition coefficient (Wildman–Crippen LogP) is -0.189. The summed E-state index contributed by atoms with van der Waals surface area (Å²) in [5, 5.41) is 9.96. The van der Waals surface area contributed by atoms with Gasteiger partial charge < -0.3 is 14.8 Å². The van der Waals surface area contributed by atoms with Gasteiger partial charge in [-0.1, -0.05) is 11.3 Å². The van der Waals surface area contributed by atoms with Crippen LogP contribution in [0.3, 0.4) is 0 Å². The smallest absolute Gasteiger partial charge is 0.305 e. The van der Waals surface area contributed by atoms with E-state index in [1.165, 1.54) is 21.0 Å². The third-order valence-electron chi connectivity index (χ3n) is 2.51. The minimum atomic E-state index is -3.79. The van der Waals surface area contributed by atoms with Gasteiger partial charge in [-0.25, -0.2) is 13.1 Å². The Kier molecular flexibility index (Phi) is 5.27. The lowest BCUT2D eigenvalue weighted by Gasteiger charge is -2.22. The highest BCUT2D eigenvalue weighted by molar-refractivity contribution is 7.91. The molecule has 0 aromatic carbocycles. The van der Waals surface area contributed by atoms with Crippen molar-refractivity contribution < 1.29 is 18.3 Å². The number of hydrogen-bond donors (Lipinski definition) is 3. The number of aliphatic hydroxyl groups is 1. The van der Waals surface area contributed by atoms with Crippen molar-refractivity contribution in [2.45, 2.75) is 30.1 Å². The molecular weight excluding hydrogens is 292 g/mol. The van der Waals surface area contributed by atoms with Gasteiger partial charge in [0, 0.05) is 32.4 Å². The highest BCUT2D eigenvalue weighted by Crippen LogP contribution is 2.16. The van der Waals surface area contributed by atoms with Gasteiger partial charge in [0.2, 0.25) is 0 Å². The Bertz CT molecular complexity index is 573. The van der Waals surface area contributed by atoms with E-state index in [0.717, 1.165) is 0 Å². The molecule has 1 rings (SSSR count). The number of hydrogen-bond acceptors (Lipinski definition) is 6. The molecule has 0 radical (unpaired) electrons. The van der Waals surface area contributed by atoms with Gasteiger partial charge >= 0.3 is 4.87 Å². The number of methoxy groups -OCH3 is 1. The van der Waals surface area contributed by atoms with E-state index in [1.54, 1.807) is 0 Å². The molecule has 9 heteroatoms. The fourth-order valence-corrected chi connectivity index (χ4v) is 3.88. The zero-order valence-corrected chi connectivity index (χ0v) is 12.7. The number of nitrogens with one attached hydrogen (secondary N) is 2. The highest BCUT2D eigenvalue weighted by atomic mass is 32.2. The Labute approximate surface area is 115 Å². The fraction of sp³-hybridized carbons (Fsp3) is 0.700. The molecule has 0 saturated heterocycles. The van der Waals surface area contributed by atoms with Crippen LogP contribution in [0.4, 0.5) is 0 Å². The van der Waals surface area contributed by atoms with Crippen molar-refractivity contribution in [3.05, 3.63) is 15.4 Å². The minimum Gasteiger partial charge on any atom is -0.389 e. The zero-order chi connectivity index (χ0) is 14.7. The largest absolute Gasteiger partial charge is 0.389 e. The van der Waals surface area contributed by atoms with Gasteiger partial charge in [0.15, 0.2) is 4.21 Å². The molecule has 0 bridgehead atoms. The van der Waals surface area contributed by atoms with Crippen molar-refractivity contribution in [2.24, 2.45) is 0 Å². The maximum absolute atomic E-state index is 12.0. The average Bonchev–Trinajstić information content (AvgIpc) is 2.65. The third-order valence-corrected chi connectivity index (χ3v) is 5.52. The van der Waals surface area contributed by atoms with Gasteiger partial charge in [-0.15, -0.1) is 0 Å². The molecule has 19 heavy (non-hydrogen) atoms. The van der Waals surface area contributed by atoms with Crippen LogP contribution in [-0.2, 0) is 14.8 Å². The summed E-state index contributed by atoms with van der Waals surface area (Å²) >= 11 is 0.622. The van der Waals surface area contributed by atoms with Crippen molar-refractivity contribution >= 4 is 21.4 Å². The quantitative estimate of drug-likeness (QED) is 0.647. The van der Waals surface area contributed by atoms with Crippen molar-refractivity contribution in [2.75, 3.05) is 20.3 Å². The number of ether oxygens (including phenoxy) is 1. The van der Waals surface area contributed by atoms with Gasteiger partial charge in [0.05, 0.1) is 5.60 Å². The molecule has 1 unspecified atom stereocenters. The van der Waals surface area contributed by atoms with Crippen LogP contribution < -0.4 is 9.60 Å². The number of thiazole rings is 1. The van der Waals surface area contributed by atoms with Crippen LogP contribution >= 0.6 is 11.3 Å². The second kappa shape index (κ2) is 6.14. The van der Waals surface area contributed by atoms with E-state index in [9.17, 15) is 18.3 Å². The van der Waals surface area contributed by atoms with E-state index in [0.29, 0.717) is 30.1 Å². The highest BCUT2D eigenvalue weighted by Gasteiger charge is 2.26. The van der Waals surface area contributed by atoms with Gasteiger partial charge in [0.25, 0.3) is 10.0 Å². The molecule has 0 aliphatic heterocycles. The van der Waals surface area contributed by atoms with Crippen molar-refractivity contribution in [3.63, 3.8) is 0 Å². The number of rotatable bonds is 7. The molecule has 110 valence electrons. The molecule has 0 aliphatic carbocycles. The molecule has 0 spiro atoms. The number of aryl methyl sites for hydroxylation is 1. The molecular formula is C10H18N2O5S2. The van der Waals surface area contributed by atoms with E-state index in [4.69, 9.17) is 4.74 Å². The molecule has 3 N–H and O–H groups in total. The summed E-state index contributed by atoms with van der Waals surface area (Å²) in [6.45, 7) is 3.20. The molecule has 0 aliphatic rings. The van der Waals surface area contributed by atoms with E-state index in [2.05, 4.69) is 9.71 Å². The summed E-state index contributed by atoms with van der Waals surface area (Å²) < 4.78 is 31.0. The van der Waals surface area contributed by atoms with E-state index in [-0.39, 0.29) is 10.8 Å². The average molecular weight is 310 g/mol. The first-order valence-corrected chi connectivity index (χ1v) is 7.88. The summed E-state index contributed by atoms with van der Waals surface area (Å²) in [4.78, 5) is 13.1. The number of aromatic nitrogens is 1. The summed E-state index contributed by atoms with van der Waals surface area (Å²) in [5.74, 6) is 0. The first-order chi connectivity index (χ1) is 8.68. The Hall–Kier alpha value is -0.740. The Morgan fingerprint density at radius 2 is 2.16 bits per heavy atom. The van der Waals surface area contributed by atoms with Crippen LogP contribution in [0.15, 0.2) is 9.00 Å². The molecule has 1 aromatic heterocycles. The van der Waals surface area contributed by atoms with Crippen LogP contribution in [0.1, 0.15) is 19.0 Å². The van der Waals surface area contributed by atoms with Crippen LogP contribution in [0.25, 0.3) is 0 Å². The van der Waals surface area contributed by atoms with Gasteiger partial charge in [-0.2, -0.15) is 0 Å². The first kappa shape index (κ1) is 16.3. The molecule has 0 saturated carbocycles. The molecule has 7 nitrogen and oxygen atoms in total. The van der Waals surface area contributed by atoms with Crippen molar-refractivity contribution in [1.29, 1.82) is 0 Å². The number of aromatic amines is 1. The summed E-state index contributed by atoms with van der Waals surface area (Å²) in [6, 6.07) is 0. The fourth-order valence-electron chi connectivity index (χ4n) is 1.37. The van der Waals surface area contributed by atoms with Crippen LogP contribution in [-0.4, -0.2) is 44.4 Å². The maximum Gasteiger partial charge on any atom is 0.305 e. The second-order valence-electron chi connectivity index (χ2n) is 4.49. The lowest BCUT2D eigenvalue weighted by Crippen LogP contribution is -2.41. The standard InChI is InChI=1S/C10H18N2O5S2/c1-7-8(18-9(13)12-7)19(15,16)11-6-10(2,14)4-5-17-3/h11,14H,4-6H2,1-3H3,(H,12,13). The summed E-state index contributed by atoms with van der Waals surface area (Å²) in [7, 11) is -2.29. The van der Waals surface area contributed by atoms with E-state index in [1.807, 2.05) is 0 Å². The normalized spacial score (nSPS) is 15.4. The predicted molar refractivity (Wildman–Crippen MR) is 72.0 cm³/mol. The Morgan fingerprint density at radius 1 is 1.53 bits per heavy atom. The molecule has 0 fully saturated rings. The lowest BCUT2D eigenvalue weighted by molar-refractivity contribution is 0.0292. The molecule has 1 atom stereocenters. The molecule has 0 amide bonds. The van der Waals surface area contributed by atoms with Gasteiger partial charge in [0.1, 0.15) is 0 Å². The maximum atomic E-state index is 12.0. The summed E-state index contributed by atoms with van der Waals surface area (Å²) in [6.07, 6.45) is 0.300. The second-order valence-corrected chi connectivity index (χ2v) is 7.44. The summed E-state index contributed by atoms with van der Waals surface area (Å²) in [5.41, 5.74) is -0.919. The van der Waals surface area contributed by atoms with Crippen LogP contribution in [0, 0.1) is 6.92 Å². The SMILES string of the molecule is COCCC(C)(O)CNS(=O)(=O)c1sc(=O)[nH]c1C. The van der Waals surface area contributed by atoms with Gasteiger partial charge in [-0.3, -0.25) is 4.79 Å². The monoisotopic (exact) mass is 310 g/mol. The first-order valence-electron chi connectivity index (χ1n) is 5.59. The van der Waals surface area contributed by atoms with Crippen molar-refractivity contribution in [3.8, 4) is 0 Å². The Balaban J connectivity index is 2.76. The van der Waals surface area contributed by atoms with Gasteiger partial charge in [-0.05, 0) is 13.8 Å². The minimum absolute atomic E-state index is 0.0555. The third kappa shape index (κ3) is 4.69. The topological polar surface area (TPSA) is 108 Å². The Morgan fingerprint density at radius 3 is 2.63 bits per heavy atom. The molecule has 1 aromatic rings. The molecule has 1 heterocycles. The number of sulfonamides is 1. The van der Waals surface area contributed by atoms with E-state index < -0.39 is 20.5 Å². The van der Waals surface area contributed by atoms with Crippen LogP contribution in [0.2, 0.25) is 0 Å². The lowest BCUT2D eigenvalue weighted by atomic mass is 10.0. The van der Waals surface area contributed by atoms with E-state index >= 15 is 0 Å². The number of H-pyrrole nitrogens is 1. The van der Waals surface area contributed by atoms with Crippen molar-refractivity contribution in [1.82, 2.24) is 9.71 Å².